The van der Waals surface area contributed by atoms with Crippen molar-refractivity contribution in [2.24, 2.45) is 16.7 Å². The van der Waals surface area contributed by atoms with Crippen molar-refractivity contribution >= 4 is 40.5 Å². The van der Waals surface area contributed by atoms with Crippen LogP contribution in [0.2, 0.25) is 0 Å². The Labute approximate surface area is 412 Å². The molecule has 1 unspecified atom stereocenters. The van der Waals surface area contributed by atoms with E-state index in [0.717, 1.165) is 51.1 Å². The Morgan fingerprint density at radius 3 is 2.44 bits per heavy atom. The number of likely N-dealkylation sites (N-methyl/N-ethyl adjacent to an activating group) is 2. The number of amides is 4. The topological polar surface area (TPSA) is 179 Å². The molecule has 16 heteroatoms. The normalized spacial score (nSPS) is 22.5. The monoisotopic (exact) mass is 961 g/mol. The van der Waals surface area contributed by atoms with E-state index in [-0.39, 0.29) is 61.1 Å². The Balaban J connectivity index is 1.12. The van der Waals surface area contributed by atoms with Gasteiger partial charge in [0.25, 0.3) is 5.91 Å². The quantitative estimate of drug-likeness (QED) is 0.120. The van der Waals surface area contributed by atoms with Crippen molar-refractivity contribution in [2.75, 3.05) is 60.1 Å². The number of ether oxygens (including phenoxy) is 2. The van der Waals surface area contributed by atoms with Gasteiger partial charge in [-0.05, 0) is 96.7 Å². The summed E-state index contributed by atoms with van der Waals surface area (Å²) >= 11 is 0. The molecule has 4 amide bonds. The smallest absolute Gasteiger partial charge is 0.324 e. The Bertz CT molecular complexity index is 2650. The summed E-state index contributed by atoms with van der Waals surface area (Å²) in [5, 5.41) is 16.8. The van der Waals surface area contributed by atoms with E-state index in [1.54, 1.807) is 26.2 Å². The summed E-state index contributed by atoms with van der Waals surface area (Å²) in [6.45, 7) is 20.0. The third kappa shape index (κ3) is 10.6. The summed E-state index contributed by atoms with van der Waals surface area (Å²) in [7, 11) is 3.14. The maximum absolute atomic E-state index is 14.8. The standard InChI is InChI=1S/C54H72N8O8/c1-11-61-43-17-16-35-24-39(43)40(48(61)38-14-12-18-55-46(38)32(2)3)25-53(6,7)29-70-52(68)41-15-13-19-62(57-41)50(66)42(22-34-20-36(35)23-37(63)21-34)56-49(65)47(33(4)5)59(10)45(64)27-58(9)51(67)44-26-60(44)28-54(8)30-69-31-54/h12,14,16-18,20-21,23-24,32-33,41-42,44,47,57,63H,11,13,15,19,22,25-31H2,1-10H3,(H,56,65)/t41-,42-,44-,47-,60?/m0/s1. The van der Waals surface area contributed by atoms with E-state index in [4.69, 9.17) is 14.5 Å². The minimum atomic E-state index is -1.18. The van der Waals surface area contributed by atoms with Gasteiger partial charge in [-0.2, -0.15) is 0 Å². The van der Waals surface area contributed by atoms with Crippen molar-refractivity contribution in [3.63, 3.8) is 0 Å². The molecule has 3 saturated heterocycles. The van der Waals surface area contributed by atoms with Crippen LogP contribution >= 0.6 is 0 Å². The summed E-state index contributed by atoms with van der Waals surface area (Å²) in [4.78, 5) is 80.4. The van der Waals surface area contributed by atoms with Crippen molar-refractivity contribution in [3.8, 4) is 28.1 Å². The molecule has 376 valence electrons. The number of pyridine rings is 1. The Hall–Kier alpha value is -5.84. The van der Waals surface area contributed by atoms with Gasteiger partial charge in [-0.1, -0.05) is 60.6 Å². The molecule has 0 spiro atoms. The first-order valence-electron chi connectivity index (χ1n) is 25.0. The molecule has 70 heavy (non-hydrogen) atoms. The molecule has 4 aliphatic rings. The zero-order valence-corrected chi connectivity index (χ0v) is 42.6. The number of aromatic nitrogens is 2. The Kier molecular flexibility index (Phi) is 14.5. The van der Waals surface area contributed by atoms with Gasteiger partial charge in [-0.15, -0.1) is 0 Å². The first kappa shape index (κ1) is 50.5. The molecule has 3 fully saturated rings. The van der Waals surface area contributed by atoms with Crippen LogP contribution in [0.5, 0.6) is 5.75 Å². The molecule has 0 saturated carbocycles. The molecule has 0 aliphatic carbocycles. The second-order valence-electron chi connectivity index (χ2n) is 21.9. The van der Waals surface area contributed by atoms with Crippen LogP contribution in [0.4, 0.5) is 0 Å². The third-order valence-electron chi connectivity index (χ3n) is 14.4. The number of benzene rings is 2. The molecule has 2 aromatic carbocycles. The Morgan fingerprint density at radius 2 is 1.76 bits per heavy atom. The SMILES string of the molecule is CCn1c(-c2cccnc2C(C)C)c2c3cc(ccc31)-c1cc(O)cc(c1)C[C@H](NC(=O)[C@H](C(C)C)N(C)C(=O)CN(C)C(=O)[C@@H]1CN1CC1(C)COC1)C(=O)N1CCC[C@H](N1)C(=O)OCC(C)(C)C2. The van der Waals surface area contributed by atoms with Crippen LogP contribution in [0, 0.1) is 16.7 Å². The molecular formula is C54H72N8O8. The second kappa shape index (κ2) is 20.1. The highest BCUT2D eigenvalue weighted by atomic mass is 16.5. The van der Waals surface area contributed by atoms with Crippen LogP contribution in [0.3, 0.4) is 0 Å². The summed E-state index contributed by atoms with van der Waals surface area (Å²) in [5.41, 5.74) is 10.1. The first-order valence-corrected chi connectivity index (χ1v) is 25.0. The lowest BCUT2D eigenvalue weighted by atomic mass is 9.83. The predicted molar refractivity (Wildman–Crippen MR) is 267 cm³/mol. The van der Waals surface area contributed by atoms with E-state index >= 15 is 0 Å². The predicted octanol–water partition coefficient (Wildman–Crippen LogP) is 5.53. The Morgan fingerprint density at radius 1 is 1.00 bits per heavy atom. The average Bonchev–Trinajstić information content (AvgIpc) is 4.01. The van der Waals surface area contributed by atoms with Gasteiger partial charge in [0.05, 0.1) is 37.8 Å². The van der Waals surface area contributed by atoms with Crippen LogP contribution in [0.25, 0.3) is 33.3 Å². The lowest BCUT2D eigenvalue weighted by molar-refractivity contribution is -0.155. The molecule has 4 aromatic rings. The van der Waals surface area contributed by atoms with Gasteiger partial charge in [-0.25, -0.2) is 5.43 Å². The van der Waals surface area contributed by atoms with Crippen molar-refractivity contribution in [3.05, 3.63) is 71.5 Å². The number of phenolic OH excluding ortho intramolecular Hbond substituents is 1. The highest BCUT2D eigenvalue weighted by Gasteiger charge is 2.48. The number of nitrogens with one attached hydrogen (secondary N) is 2. The molecule has 3 N–H and O–H groups in total. The molecule has 8 rings (SSSR count). The first-order chi connectivity index (χ1) is 33.2. The number of esters is 1. The molecule has 6 bridgehead atoms. The van der Waals surface area contributed by atoms with E-state index in [1.807, 2.05) is 38.2 Å². The van der Waals surface area contributed by atoms with Crippen molar-refractivity contribution in [1.29, 1.82) is 0 Å². The van der Waals surface area contributed by atoms with Crippen LogP contribution in [0.1, 0.15) is 91.0 Å². The zero-order chi connectivity index (χ0) is 50.4. The molecule has 4 aliphatic heterocycles. The minimum Gasteiger partial charge on any atom is -0.508 e. The van der Waals surface area contributed by atoms with Crippen molar-refractivity contribution in [1.82, 2.24) is 40.0 Å². The van der Waals surface area contributed by atoms with Gasteiger partial charge in [0.15, 0.2) is 0 Å². The van der Waals surface area contributed by atoms with E-state index in [2.05, 4.69) is 80.0 Å². The highest BCUT2D eigenvalue weighted by molar-refractivity contribution is 5.96. The number of aryl methyl sites for hydroxylation is 1. The van der Waals surface area contributed by atoms with Crippen molar-refractivity contribution < 1.29 is 38.6 Å². The number of nitrogens with zero attached hydrogens (tertiary/aromatic N) is 6. The van der Waals surface area contributed by atoms with Crippen molar-refractivity contribution in [2.45, 2.75) is 118 Å². The number of fused-ring (bicyclic) bond motifs is 6. The summed E-state index contributed by atoms with van der Waals surface area (Å²) < 4.78 is 13.8. The molecular weight excluding hydrogens is 889 g/mol. The molecule has 0 radical (unpaired) electrons. The molecule has 2 aromatic heterocycles. The number of carbonyl (C=O) groups is 5. The third-order valence-corrected chi connectivity index (χ3v) is 14.4. The number of phenols is 1. The van der Waals surface area contributed by atoms with Crippen LogP contribution < -0.4 is 10.7 Å². The van der Waals surface area contributed by atoms with Gasteiger partial charge in [-0.3, -0.25) is 38.9 Å². The average molecular weight is 961 g/mol. The van der Waals surface area contributed by atoms with Gasteiger partial charge in [0, 0.05) is 80.2 Å². The minimum absolute atomic E-state index is 0.00632. The van der Waals surface area contributed by atoms with Crippen LogP contribution in [-0.4, -0.2) is 148 Å². The van der Waals surface area contributed by atoms with Gasteiger partial charge in [0.2, 0.25) is 17.7 Å². The number of cyclic esters (lactones) is 1. The van der Waals surface area contributed by atoms with Crippen LogP contribution in [-0.2, 0) is 52.8 Å². The second-order valence-corrected chi connectivity index (χ2v) is 21.9. The molecule has 6 heterocycles. The number of hydrogen-bond acceptors (Lipinski definition) is 11. The van der Waals surface area contributed by atoms with E-state index in [1.165, 1.54) is 14.8 Å². The fourth-order valence-electron chi connectivity index (χ4n) is 10.7. The maximum atomic E-state index is 14.8. The number of carbonyl (C=O) groups excluding carboxylic acids is 5. The lowest BCUT2D eigenvalue weighted by Crippen LogP contribution is -2.62. The summed E-state index contributed by atoms with van der Waals surface area (Å²) in [6, 6.07) is 12.3. The highest BCUT2D eigenvalue weighted by Crippen LogP contribution is 2.42. The fourth-order valence-corrected chi connectivity index (χ4v) is 10.7. The van der Waals surface area contributed by atoms with Gasteiger partial charge < -0.3 is 34.3 Å². The zero-order valence-electron chi connectivity index (χ0n) is 42.6. The molecule has 16 nitrogen and oxygen atoms in total. The lowest BCUT2D eigenvalue weighted by Gasteiger charge is -2.38. The number of aromatic hydroxyl groups is 1. The molecule has 5 atom stereocenters. The van der Waals surface area contributed by atoms with E-state index in [0.29, 0.717) is 51.1 Å². The summed E-state index contributed by atoms with van der Waals surface area (Å²) in [5.74, 6) is -2.31. The fraction of sp³-hybridized carbons (Fsp3) is 0.556. The van der Waals surface area contributed by atoms with E-state index in [9.17, 15) is 29.1 Å². The van der Waals surface area contributed by atoms with E-state index < -0.39 is 47.2 Å². The van der Waals surface area contributed by atoms with Crippen LogP contribution in [0.15, 0.2) is 54.7 Å². The van der Waals surface area contributed by atoms with Gasteiger partial charge >= 0.3 is 5.97 Å². The largest absolute Gasteiger partial charge is 0.508 e. The van der Waals surface area contributed by atoms with Gasteiger partial charge in [0.1, 0.15) is 29.9 Å². The number of rotatable bonds is 12. The number of hydrogen-bond donors (Lipinski definition) is 3. The summed E-state index contributed by atoms with van der Waals surface area (Å²) in [6.07, 6.45) is 3.34. The number of hydrazine groups is 1. The maximum Gasteiger partial charge on any atom is 0.324 e.